The van der Waals surface area contributed by atoms with Gasteiger partial charge < -0.3 is 10.4 Å². The molecule has 0 saturated heterocycles. The number of nitrogens with zero attached hydrogens (tertiary/aromatic N) is 4. The van der Waals surface area contributed by atoms with Crippen LogP contribution in [0.1, 0.15) is 15.9 Å². The molecule has 0 fully saturated rings. The third kappa shape index (κ3) is 2.75. The van der Waals surface area contributed by atoms with E-state index in [9.17, 15) is 9.90 Å². The fourth-order valence-corrected chi connectivity index (χ4v) is 2.70. The molecule has 26 heavy (non-hydrogen) atoms. The van der Waals surface area contributed by atoms with Gasteiger partial charge in [0.25, 0.3) is 0 Å². The van der Waals surface area contributed by atoms with Crippen LogP contribution in [0.25, 0.3) is 16.7 Å². The van der Waals surface area contributed by atoms with E-state index in [1.807, 2.05) is 43.3 Å². The number of carbonyl (C=O) groups is 1. The van der Waals surface area contributed by atoms with Crippen molar-refractivity contribution in [2.75, 3.05) is 5.32 Å². The second-order valence-electron chi connectivity index (χ2n) is 5.83. The van der Waals surface area contributed by atoms with Crippen LogP contribution in [0.15, 0.2) is 61.1 Å². The number of benzene rings is 1. The van der Waals surface area contributed by atoms with Crippen LogP contribution in [0.2, 0.25) is 0 Å². The van der Waals surface area contributed by atoms with Crippen molar-refractivity contribution < 1.29 is 9.90 Å². The average Bonchev–Trinajstić information content (AvgIpc) is 3.09. The Balaban J connectivity index is 1.88. The molecular formula is C19H15N5O2. The summed E-state index contributed by atoms with van der Waals surface area (Å²) in [4.78, 5) is 20.3. The molecule has 0 saturated carbocycles. The maximum Gasteiger partial charge on any atom is 0.339 e. The monoisotopic (exact) mass is 345 g/mol. The van der Waals surface area contributed by atoms with Crippen molar-refractivity contribution in [1.82, 2.24) is 19.7 Å². The van der Waals surface area contributed by atoms with Crippen molar-refractivity contribution in [1.29, 1.82) is 0 Å². The zero-order valence-electron chi connectivity index (χ0n) is 13.9. The van der Waals surface area contributed by atoms with Crippen LogP contribution >= 0.6 is 0 Å². The molecule has 0 aliphatic carbocycles. The van der Waals surface area contributed by atoms with Gasteiger partial charge in [0, 0.05) is 12.4 Å². The van der Waals surface area contributed by atoms with Gasteiger partial charge in [0.15, 0.2) is 5.65 Å². The number of rotatable bonds is 4. The second-order valence-corrected chi connectivity index (χ2v) is 5.83. The van der Waals surface area contributed by atoms with E-state index < -0.39 is 5.97 Å². The molecule has 128 valence electrons. The number of carboxylic acids is 1. The van der Waals surface area contributed by atoms with Gasteiger partial charge in [0.05, 0.1) is 23.0 Å². The van der Waals surface area contributed by atoms with E-state index in [4.69, 9.17) is 0 Å². The number of fused-ring (bicyclic) bond motifs is 1. The van der Waals surface area contributed by atoms with E-state index in [-0.39, 0.29) is 5.56 Å². The van der Waals surface area contributed by atoms with Crippen molar-refractivity contribution in [3.8, 4) is 5.69 Å². The number of aromatic carboxylic acids is 1. The Labute approximate surface area is 149 Å². The third-order valence-corrected chi connectivity index (χ3v) is 3.99. The lowest BCUT2D eigenvalue weighted by molar-refractivity contribution is 0.0697. The Morgan fingerprint density at radius 1 is 1.04 bits per heavy atom. The van der Waals surface area contributed by atoms with Crippen molar-refractivity contribution >= 4 is 28.5 Å². The highest BCUT2D eigenvalue weighted by atomic mass is 16.4. The summed E-state index contributed by atoms with van der Waals surface area (Å²) in [6.07, 6.45) is 4.66. The lowest BCUT2D eigenvalue weighted by Gasteiger charge is -2.10. The van der Waals surface area contributed by atoms with Crippen molar-refractivity contribution in [2.24, 2.45) is 0 Å². The van der Waals surface area contributed by atoms with Gasteiger partial charge in [0.1, 0.15) is 11.4 Å². The predicted molar refractivity (Wildman–Crippen MR) is 98.1 cm³/mol. The number of pyridine rings is 2. The first-order chi connectivity index (χ1) is 12.6. The summed E-state index contributed by atoms with van der Waals surface area (Å²) in [6, 6.07) is 13.3. The first-order valence-electron chi connectivity index (χ1n) is 7.98. The number of aromatic nitrogens is 4. The van der Waals surface area contributed by atoms with Crippen LogP contribution in [0, 0.1) is 6.92 Å². The minimum Gasteiger partial charge on any atom is -0.478 e. The Kier molecular flexibility index (Phi) is 3.81. The predicted octanol–water partition coefficient (Wildman–Crippen LogP) is 3.57. The first-order valence-corrected chi connectivity index (χ1v) is 7.98. The quantitative estimate of drug-likeness (QED) is 0.587. The van der Waals surface area contributed by atoms with Crippen LogP contribution < -0.4 is 5.32 Å². The van der Waals surface area contributed by atoms with Gasteiger partial charge in [-0.05, 0) is 30.7 Å². The van der Waals surface area contributed by atoms with Crippen LogP contribution in [-0.4, -0.2) is 30.8 Å². The minimum atomic E-state index is -1.07. The Hall–Kier alpha value is -3.74. The lowest BCUT2D eigenvalue weighted by Crippen LogP contribution is -2.06. The topological polar surface area (TPSA) is 92.9 Å². The summed E-state index contributed by atoms with van der Waals surface area (Å²) in [5.41, 5.74) is 2.91. The first kappa shape index (κ1) is 15.8. The Bertz CT molecular complexity index is 1090. The third-order valence-electron chi connectivity index (χ3n) is 3.99. The molecule has 7 nitrogen and oxygen atoms in total. The highest BCUT2D eigenvalue weighted by molar-refractivity contribution is 6.04. The fourth-order valence-electron chi connectivity index (χ4n) is 2.70. The molecule has 0 bridgehead atoms. The number of nitrogens with one attached hydrogen (secondary N) is 1. The summed E-state index contributed by atoms with van der Waals surface area (Å²) in [7, 11) is 0. The summed E-state index contributed by atoms with van der Waals surface area (Å²) >= 11 is 0. The van der Waals surface area contributed by atoms with Gasteiger partial charge in [-0.15, -0.1) is 0 Å². The molecule has 0 amide bonds. The minimum absolute atomic E-state index is 0.0625. The molecule has 4 rings (SSSR count). The molecule has 7 heteroatoms. The van der Waals surface area contributed by atoms with Crippen molar-refractivity contribution in [3.05, 3.63) is 72.2 Å². The van der Waals surface area contributed by atoms with E-state index in [0.29, 0.717) is 22.5 Å². The van der Waals surface area contributed by atoms with E-state index in [1.54, 1.807) is 23.1 Å². The molecule has 0 radical (unpaired) electrons. The molecule has 0 aliphatic rings. The van der Waals surface area contributed by atoms with Gasteiger partial charge in [-0.2, -0.15) is 5.10 Å². The van der Waals surface area contributed by atoms with E-state index >= 15 is 0 Å². The number of para-hydroxylation sites is 1. The molecule has 0 aliphatic heterocycles. The molecular weight excluding hydrogens is 330 g/mol. The van der Waals surface area contributed by atoms with Crippen LogP contribution in [0.4, 0.5) is 11.5 Å². The number of aryl methyl sites for hydroxylation is 1. The van der Waals surface area contributed by atoms with Crippen molar-refractivity contribution in [3.63, 3.8) is 0 Å². The zero-order valence-corrected chi connectivity index (χ0v) is 13.9. The van der Waals surface area contributed by atoms with Gasteiger partial charge in [-0.1, -0.05) is 24.3 Å². The smallest absolute Gasteiger partial charge is 0.339 e. The molecule has 3 aromatic heterocycles. The highest BCUT2D eigenvalue weighted by Gasteiger charge is 2.18. The van der Waals surface area contributed by atoms with Gasteiger partial charge in [-0.3, -0.25) is 0 Å². The molecule has 2 N–H and O–H groups in total. The standard InChI is InChI=1S/C19H15N5O2/c1-12-7-8-16(20-9-12)23-17-14-11-22-24(13-5-3-2-4-6-13)18(14)21-10-15(17)19(25)26/h2-11H,1H3,(H,25,26)(H,20,21,23). The Morgan fingerprint density at radius 3 is 2.54 bits per heavy atom. The van der Waals surface area contributed by atoms with Crippen LogP contribution in [-0.2, 0) is 0 Å². The zero-order chi connectivity index (χ0) is 18.1. The van der Waals surface area contributed by atoms with Gasteiger partial charge >= 0.3 is 5.97 Å². The van der Waals surface area contributed by atoms with Gasteiger partial charge in [0.2, 0.25) is 0 Å². The van der Waals surface area contributed by atoms with E-state index in [1.165, 1.54) is 6.20 Å². The highest BCUT2D eigenvalue weighted by Crippen LogP contribution is 2.29. The summed E-state index contributed by atoms with van der Waals surface area (Å²) < 4.78 is 1.68. The number of anilines is 2. The SMILES string of the molecule is Cc1ccc(Nc2c(C(=O)O)cnc3c2cnn3-c2ccccc2)nc1. The van der Waals surface area contributed by atoms with E-state index in [0.717, 1.165) is 11.3 Å². The molecule has 0 atom stereocenters. The maximum atomic E-state index is 11.7. The molecule has 1 aromatic carbocycles. The maximum absolute atomic E-state index is 11.7. The number of carboxylic acid groups (broad SMARTS) is 1. The number of hydrogen-bond acceptors (Lipinski definition) is 5. The van der Waals surface area contributed by atoms with E-state index in [2.05, 4.69) is 20.4 Å². The fraction of sp³-hybridized carbons (Fsp3) is 0.0526. The van der Waals surface area contributed by atoms with Crippen LogP contribution in [0.5, 0.6) is 0 Å². The molecule has 3 heterocycles. The van der Waals surface area contributed by atoms with Crippen molar-refractivity contribution in [2.45, 2.75) is 6.92 Å². The lowest BCUT2D eigenvalue weighted by atomic mass is 10.1. The summed E-state index contributed by atoms with van der Waals surface area (Å²) in [6.45, 7) is 1.94. The summed E-state index contributed by atoms with van der Waals surface area (Å²) in [5.74, 6) is -0.514. The number of hydrogen-bond donors (Lipinski definition) is 2. The summed E-state index contributed by atoms with van der Waals surface area (Å²) in [5, 5.41) is 17.6. The normalized spacial score (nSPS) is 10.8. The second kappa shape index (κ2) is 6.29. The molecule has 0 unspecified atom stereocenters. The molecule has 4 aromatic rings. The molecule has 0 spiro atoms. The largest absolute Gasteiger partial charge is 0.478 e. The average molecular weight is 345 g/mol. The van der Waals surface area contributed by atoms with Gasteiger partial charge in [-0.25, -0.2) is 19.4 Å². The van der Waals surface area contributed by atoms with Crippen LogP contribution in [0.3, 0.4) is 0 Å². The Morgan fingerprint density at radius 2 is 1.85 bits per heavy atom.